The van der Waals surface area contributed by atoms with Crippen LogP contribution in [0.3, 0.4) is 0 Å². The molecule has 8 rings (SSSR count). The lowest BCUT2D eigenvalue weighted by atomic mass is 9.69. The molecule has 0 radical (unpaired) electrons. The minimum atomic E-state index is 0.0525. The summed E-state index contributed by atoms with van der Waals surface area (Å²) in [6.45, 7) is 2.32. The van der Waals surface area contributed by atoms with Gasteiger partial charge < -0.3 is 5.32 Å². The summed E-state index contributed by atoms with van der Waals surface area (Å²) in [6, 6.07) is 30.7. The molecule has 3 aromatic carbocycles. The van der Waals surface area contributed by atoms with Crippen LogP contribution in [0, 0.1) is 5.92 Å². The van der Waals surface area contributed by atoms with Crippen molar-refractivity contribution in [2.45, 2.75) is 44.1 Å². The van der Waals surface area contributed by atoms with Crippen LogP contribution in [0.4, 0.5) is 5.69 Å². The van der Waals surface area contributed by atoms with Crippen LogP contribution in [-0.4, -0.2) is 11.2 Å². The summed E-state index contributed by atoms with van der Waals surface area (Å²) in [5, 5.41) is 3.99. The van der Waals surface area contributed by atoms with Gasteiger partial charge in [0, 0.05) is 35.5 Å². The van der Waals surface area contributed by atoms with Crippen LogP contribution in [0.1, 0.15) is 72.0 Å². The van der Waals surface area contributed by atoms with Gasteiger partial charge in [0.25, 0.3) is 0 Å². The number of hydrogen-bond acceptors (Lipinski definition) is 3. The zero-order valence-corrected chi connectivity index (χ0v) is 23.3. The molecule has 0 spiro atoms. The van der Waals surface area contributed by atoms with Gasteiger partial charge in [-0.25, -0.2) is 0 Å². The molecule has 0 fully saturated rings. The number of allylic oxidation sites excluding steroid dienone is 4. The molecule has 41 heavy (non-hydrogen) atoms. The van der Waals surface area contributed by atoms with Gasteiger partial charge in [-0.3, -0.25) is 9.98 Å². The van der Waals surface area contributed by atoms with Gasteiger partial charge in [-0.05, 0) is 82.4 Å². The van der Waals surface area contributed by atoms with Crippen LogP contribution in [0.15, 0.2) is 120 Å². The van der Waals surface area contributed by atoms with Crippen molar-refractivity contribution in [1.82, 2.24) is 10.3 Å². The summed E-state index contributed by atoms with van der Waals surface area (Å²) in [5.41, 5.74) is 14.1. The standard InChI is InChI=1S/C38H33N3/c1-24-9-7-15-30-28(24)13-8-14-29(30)27-18-20-35(39-22-27)38-37-32-12-5-6-16-34(32)40-23-33(37)31-19-17-26(21-36(31)41-38)25-10-3-2-4-11-25/h2-8,10-16,18,20-24,33,37-38,41H,9,17,19H2,1H3. The molecule has 0 bridgehead atoms. The zero-order chi connectivity index (χ0) is 27.3. The van der Waals surface area contributed by atoms with E-state index in [-0.39, 0.29) is 17.9 Å². The molecule has 2 aliphatic carbocycles. The number of nitrogens with zero attached hydrogens (tertiary/aromatic N) is 2. The predicted octanol–water partition coefficient (Wildman–Crippen LogP) is 9.16. The van der Waals surface area contributed by atoms with Crippen LogP contribution in [0.5, 0.6) is 0 Å². The molecule has 200 valence electrons. The van der Waals surface area contributed by atoms with Crippen LogP contribution in [0.2, 0.25) is 0 Å². The minimum Gasteiger partial charge on any atom is -0.376 e. The number of aliphatic imine (C=N–C) groups is 1. The average Bonchev–Trinajstić information content (AvgIpc) is 3.04. The Hall–Kier alpha value is -4.50. The van der Waals surface area contributed by atoms with Crippen molar-refractivity contribution < 1.29 is 0 Å². The van der Waals surface area contributed by atoms with Crippen molar-refractivity contribution in [1.29, 1.82) is 0 Å². The molecule has 3 nitrogen and oxygen atoms in total. The van der Waals surface area contributed by atoms with Gasteiger partial charge in [-0.1, -0.05) is 91.9 Å². The summed E-state index contributed by atoms with van der Waals surface area (Å²) in [4.78, 5) is 10.1. The van der Waals surface area contributed by atoms with Crippen molar-refractivity contribution in [2.75, 3.05) is 0 Å². The van der Waals surface area contributed by atoms with Gasteiger partial charge in [-0.2, -0.15) is 0 Å². The summed E-state index contributed by atoms with van der Waals surface area (Å²) in [5.74, 6) is 1.06. The number of para-hydroxylation sites is 1. The van der Waals surface area contributed by atoms with Crippen LogP contribution in [-0.2, 0) is 0 Å². The third-order valence-electron chi connectivity index (χ3n) is 9.46. The van der Waals surface area contributed by atoms with E-state index in [4.69, 9.17) is 9.98 Å². The number of rotatable bonds is 3. The Morgan fingerprint density at radius 1 is 0.805 bits per heavy atom. The Balaban J connectivity index is 1.20. The number of aromatic nitrogens is 1. The number of benzene rings is 3. The van der Waals surface area contributed by atoms with Crippen molar-refractivity contribution >= 4 is 23.6 Å². The van der Waals surface area contributed by atoms with Crippen LogP contribution in [0.25, 0.3) is 22.8 Å². The van der Waals surface area contributed by atoms with E-state index >= 15 is 0 Å². The Kier molecular flexibility index (Phi) is 5.84. The van der Waals surface area contributed by atoms with Crippen LogP contribution < -0.4 is 5.32 Å². The zero-order valence-electron chi connectivity index (χ0n) is 23.3. The van der Waals surface area contributed by atoms with Gasteiger partial charge >= 0.3 is 0 Å². The van der Waals surface area contributed by atoms with Crippen molar-refractivity contribution in [3.63, 3.8) is 0 Å². The molecule has 4 aliphatic rings. The fourth-order valence-electron chi connectivity index (χ4n) is 7.36. The maximum atomic E-state index is 5.15. The lowest BCUT2D eigenvalue weighted by Crippen LogP contribution is -2.40. The second kappa shape index (κ2) is 9.85. The largest absolute Gasteiger partial charge is 0.376 e. The third kappa shape index (κ3) is 4.11. The molecular formula is C38H33N3. The molecule has 4 atom stereocenters. The lowest BCUT2D eigenvalue weighted by Gasteiger charge is -2.43. The third-order valence-corrected chi connectivity index (χ3v) is 9.46. The molecule has 1 N–H and O–H groups in total. The molecule has 0 saturated heterocycles. The highest BCUT2D eigenvalue weighted by molar-refractivity contribution is 5.80. The topological polar surface area (TPSA) is 37.3 Å². The van der Waals surface area contributed by atoms with E-state index in [0.29, 0.717) is 5.92 Å². The number of pyridine rings is 1. The van der Waals surface area contributed by atoms with E-state index in [9.17, 15) is 0 Å². The van der Waals surface area contributed by atoms with Gasteiger partial charge in [0.05, 0.1) is 17.4 Å². The van der Waals surface area contributed by atoms with Crippen molar-refractivity contribution in [3.05, 3.63) is 142 Å². The maximum absolute atomic E-state index is 5.15. The van der Waals surface area contributed by atoms with Crippen molar-refractivity contribution in [3.8, 4) is 11.1 Å². The second-order valence-corrected chi connectivity index (χ2v) is 11.8. The Labute approximate surface area is 242 Å². The predicted molar refractivity (Wildman–Crippen MR) is 169 cm³/mol. The monoisotopic (exact) mass is 531 g/mol. The summed E-state index contributed by atoms with van der Waals surface area (Å²) in [7, 11) is 0. The van der Waals surface area contributed by atoms with Gasteiger partial charge in [0.15, 0.2) is 0 Å². The first-order valence-electron chi connectivity index (χ1n) is 14.9. The molecule has 1 aromatic heterocycles. The highest BCUT2D eigenvalue weighted by atomic mass is 15.0. The molecule has 4 unspecified atom stereocenters. The lowest BCUT2D eigenvalue weighted by molar-refractivity contribution is 0.393. The van der Waals surface area contributed by atoms with Gasteiger partial charge in [-0.15, -0.1) is 0 Å². The fourth-order valence-corrected chi connectivity index (χ4v) is 7.36. The summed E-state index contributed by atoms with van der Waals surface area (Å²) < 4.78 is 0. The molecule has 3 heteroatoms. The SMILES string of the molecule is CC1CC=Cc2c(-c3ccc(C4NC5=C(CCC(c6ccccc6)=C5)C5C=Nc6ccccc6C54)nc3)cccc21. The number of nitrogens with one attached hydrogen (secondary N) is 1. The van der Waals surface area contributed by atoms with E-state index in [2.05, 4.69) is 128 Å². The average molecular weight is 532 g/mol. The first-order chi connectivity index (χ1) is 20.2. The highest BCUT2D eigenvalue weighted by Gasteiger charge is 2.42. The fraction of sp³-hybridized carbons (Fsp3) is 0.211. The van der Waals surface area contributed by atoms with Gasteiger partial charge in [0.2, 0.25) is 0 Å². The summed E-state index contributed by atoms with van der Waals surface area (Å²) in [6.07, 6.45) is 14.5. The van der Waals surface area contributed by atoms with Crippen molar-refractivity contribution in [2.24, 2.45) is 10.9 Å². The maximum Gasteiger partial charge on any atom is 0.0763 e. The van der Waals surface area contributed by atoms with Gasteiger partial charge in [0.1, 0.15) is 0 Å². The smallest absolute Gasteiger partial charge is 0.0763 e. The quantitative estimate of drug-likeness (QED) is 0.286. The Morgan fingerprint density at radius 3 is 2.54 bits per heavy atom. The Morgan fingerprint density at radius 2 is 1.66 bits per heavy atom. The van der Waals surface area contributed by atoms with Crippen LogP contribution >= 0.6 is 0 Å². The number of fused-ring (bicyclic) bond motifs is 5. The molecule has 0 saturated carbocycles. The normalized spacial score (nSPS) is 24.0. The summed E-state index contributed by atoms with van der Waals surface area (Å²) >= 11 is 0. The second-order valence-electron chi connectivity index (χ2n) is 11.8. The molecule has 4 aromatic rings. The molecule has 0 amide bonds. The molecule has 3 heterocycles. The van der Waals surface area contributed by atoms with E-state index in [0.717, 1.165) is 30.6 Å². The highest BCUT2D eigenvalue weighted by Crippen LogP contribution is 2.51. The first kappa shape index (κ1) is 24.3. The molecular weight excluding hydrogens is 498 g/mol. The first-order valence-corrected chi connectivity index (χ1v) is 14.9. The van der Waals surface area contributed by atoms with E-state index in [1.807, 2.05) is 0 Å². The van der Waals surface area contributed by atoms with E-state index in [1.165, 1.54) is 50.2 Å². The molecule has 2 aliphatic heterocycles. The van der Waals surface area contributed by atoms with E-state index < -0.39 is 0 Å². The Bertz CT molecular complexity index is 1760. The van der Waals surface area contributed by atoms with E-state index in [1.54, 1.807) is 0 Å². The number of hydrogen-bond donors (Lipinski definition) is 1. The minimum absolute atomic E-state index is 0.0525.